The van der Waals surface area contributed by atoms with E-state index in [1.54, 1.807) is 24.5 Å². The number of hydrogen-bond acceptors (Lipinski definition) is 7. The van der Waals surface area contributed by atoms with E-state index in [2.05, 4.69) is 25.3 Å². The number of nitrogens with zero attached hydrogens (tertiary/aromatic N) is 4. The Kier molecular flexibility index (Phi) is 7.14. The topological polar surface area (TPSA) is 124 Å². The molecule has 0 bridgehead atoms. The summed E-state index contributed by atoms with van der Waals surface area (Å²) in [4.78, 5) is 15.7. The molecular weight excluding hydrogens is 533 g/mol. The smallest absolute Gasteiger partial charge is 0.390 e. The van der Waals surface area contributed by atoms with Crippen molar-refractivity contribution in [2.24, 2.45) is 0 Å². The SMILES string of the molecule is Cc1c[nH]c(-c2cc(-c3ccc(S(=O)(=O)N4CC[C@@H](Nc5ccc(C(F)(F)F)cn5)[C@@H](O)C4)cc3)ccn2)n1. The minimum atomic E-state index is -4.50. The van der Waals surface area contributed by atoms with Gasteiger partial charge in [0, 0.05) is 31.7 Å². The Morgan fingerprint density at radius 2 is 1.85 bits per heavy atom. The lowest BCUT2D eigenvalue weighted by Crippen LogP contribution is -2.51. The van der Waals surface area contributed by atoms with Crippen LogP contribution < -0.4 is 5.32 Å². The zero-order valence-corrected chi connectivity index (χ0v) is 21.5. The molecule has 0 radical (unpaired) electrons. The maximum atomic E-state index is 13.3. The van der Waals surface area contributed by atoms with Crippen LogP contribution in [0, 0.1) is 6.92 Å². The largest absolute Gasteiger partial charge is 0.417 e. The van der Waals surface area contributed by atoms with Gasteiger partial charge in [0.25, 0.3) is 0 Å². The number of anilines is 1. The molecule has 4 aromatic rings. The molecule has 3 aromatic heterocycles. The van der Waals surface area contributed by atoms with E-state index in [4.69, 9.17) is 0 Å². The number of aromatic nitrogens is 4. The van der Waals surface area contributed by atoms with Crippen LogP contribution in [0.15, 0.2) is 72.0 Å². The number of aliphatic hydroxyl groups excluding tert-OH is 1. The van der Waals surface area contributed by atoms with Gasteiger partial charge < -0.3 is 15.4 Å². The van der Waals surface area contributed by atoms with Gasteiger partial charge in [-0.25, -0.2) is 18.4 Å². The van der Waals surface area contributed by atoms with Crippen LogP contribution in [0.5, 0.6) is 0 Å². The Morgan fingerprint density at radius 1 is 1.08 bits per heavy atom. The lowest BCUT2D eigenvalue weighted by molar-refractivity contribution is -0.137. The molecule has 1 aliphatic heterocycles. The van der Waals surface area contributed by atoms with Crippen molar-refractivity contribution in [2.45, 2.75) is 36.6 Å². The van der Waals surface area contributed by atoms with Crippen LogP contribution >= 0.6 is 0 Å². The number of hydrogen-bond donors (Lipinski definition) is 3. The third-order valence-corrected chi connectivity index (χ3v) is 8.38. The lowest BCUT2D eigenvalue weighted by Gasteiger charge is -2.35. The molecule has 39 heavy (non-hydrogen) atoms. The maximum absolute atomic E-state index is 13.3. The molecule has 1 aliphatic rings. The van der Waals surface area contributed by atoms with Gasteiger partial charge in [-0.1, -0.05) is 12.1 Å². The van der Waals surface area contributed by atoms with Crippen LogP contribution in [0.4, 0.5) is 19.0 Å². The van der Waals surface area contributed by atoms with Gasteiger partial charge >= 0.3 is 6.18 Å². The third-order valence-electron chi connectivity index (χ3n) is 6.50. The molecule has 0 aliphatic carbocycles. The van der Waals surface area contributed by atoms with Gasteiger partial charge in [-0.15, -0.1) is 0 Å². The third kappa shape index (κ3) is 5.79. The molecule has 0 saturated carbocycles. The highest BCUT2D eigenvalue weighted by molar-refractivity contribution is 7.89. The molecule has 1 saturated heterocycles. The van der Waals surface area contributed by atoms with Crippen molar-refractivity contribution in [1.82, 2.24) is 24.2 Å². The summed E-state index contributed by atoms with van der Waals surface area (Å²) in [5.74, 6) is 0.805. The van der Waals surface area contributed by atoms with E-state index in [-0.39, 0.29) is 30.2 Å². The van der Waals surface area contributed by atoms with Crippen molar-refractivity contribution in [3.63, 3.8) is 0 Å². The average Bonchev–Trinajstić information content (AvgIpc) is 3.36. The first-order valence-electron chi connectivity index (χ1n) is 12.1. The number of β-amino-alcohol motifs (C(OH)–C–C–N with tert-alkyl or cyclic N) is 1. The molecule has 5 rings (SSSR count). The lowest BCUT2D eigenvalue weighted by atomic mass is 10.0. The second kappa shape index (κ2) is 10.4. The molecule has 4 heterocycles. The Bertz CT molecular complexity index is 1560. The summed E-state index contributed by atoms with van der Waals surface area (Å²) in [5, 5.41) is 13.5. The van der Waals surface area contributed by atoms with E-state index in [1.165, 1.54) is 22.5 Å². The first-order valence-corrected chi connectivity index (χ1v) is 13.5. The number of H-pyrrole nitrogens is 1. The van der Waals surface area contributed by atoms with Crippen LogP contribution in [0.3, 0.4) is 0 Å². The predicted molar refractivity (Wildman–Crippen MR) is 138 cm³/mol. The number of alkyl halides is 3. The standard InChI is InChI=1S/C26H25F3N6O3S/c1-16-13-32-25(33-16)22-12-18(8-10-30-22)17-2-5-20(6-3-17)39(37,38)35-11-9-21(23(36)15-35)34-24-7-4-19(14-31-24)26(27,28)29/h2-8,10,12-14,21,23,36H,9,11,15H2,1H3,(H,31,34)(H,32,33)/t21-,23+/m1/s1. The molecule has 2 atom stereocenters. The minimum Gasteiger partial charge on any atom is -0.390 e. The highest BCUT2D eigenvalue weighted by atomic mass is 32.2. The van der Waals surface area contributed by atoms with Crippen molar-refractivity contribution in [2.75, 3.05) is 18.4 Å². The van der Waals surface area contributed by atoms with Gasteiger partial charge in [0.2, 0.25) is 10.0 Å². The molecule has 0 spiro atoms. The second-order valence-corrected chi connectivity index (χ2v) is 11.2. The molecule has 9 nitrogen and oxygen atoms in total. The monoisotopic (exact) mass is 558 g/mol. The fraction of sp³-hybridized carbons (Fsp3) is 0.269. The van der Waals surface area contributed by atoms with Crippen LogP contribution in [0.1, 0.15) is 17.7 Å². The van der Waals surface area contributed by atoms with Crippen molar-refractivity contribution in [3.05, 3.63) is 78.4 Å². The number of pyridine rings is 2. The summed E-state index contributed by atoms with van der Waals surface area (Å²) in [6.07, 6.45) is -1.19. The first-order chi connectivity index (χ1) is 18.5. The summed E-state index contributed by atoms with van der Waals surface area (Å²) in [6.45, 7) is 1.83. The number of imidazole rings is 1. The first kappa shape index (κ1) is 26.8. The zero-order valence-electron chi connectivity index (χ0n) is 20.7. The van der Waals surface area contributed by atoms with Crippen molar-refractivity contribution in [1.29, 1.82) is 0 Å². The van der Waals surface area contributed by atoms with Gasteiger partial charge in [-0.05, 0) is 60.9 Å². The van der Waals surface area contributed by atoms with E-state index in [1.807, 2.05) is 19.1 Å². The van der Waals surface area contributed by atoms with E-state index >= 15 is 0 Å². The molecule has 1 fully saturated rings. The van der Waals surface area contributed by atoms with Crippen molar-refractivity contribution < 1.29 is 26.7 Å². The van der Waals surface area contributed by atoms with Gasteiger partial charge in [0.1, 0.15) is 11.5 Å². The highest BCUT2D eigenvalue weighted by Gasteiger charge is 2.35. The van der Waals surface area contributed by atoms with Crippen molar-refractivity contribution >= 4 is 15.8 Å². The summed E-state index contributed by atoms with van der Waals surface area (Å²) in [7, 11) is -3.88. The van der Waals surface area contributed by atoms with Crippen LogP contribution in [0.25, 0.3) is 22.6 Å². The molecular formula is C26H25F3N6O3S. The van der Waals surface area contributed by atoms with E-state index in [9.17, 15) is 26.7 Å². The van der Waals surface area contributed by atoms with E-state index in [0.717, 1.165) is 22.9 Å². The summed E-state index contributed by atoms with van der Waals surface area (Å²) in [5.41, 5.74) is 2.27. The van der Waals surface area contributed by atoms with Crippen LogP contribution in [-0.2, 0) is 16.2 Å². The number of sulfonamides is 1. The Balaban J connectivity index is 1.25. The number of nitrogens with one attached hydrogen (secondary N) is 2. The fourth-order valence-electron chi connectivity index (χ4n) is 4.38. The van der Waals surface area contributed by atoms with Gasteiger partial charge in [-0.2, -0.15) is 17.5 Å². The van der Waals surface area contributed by atoms with Crippen molar-refractivity contribution in [3.8, 4) is 22.6 Å². The quantitative estimate of drug-likeness (QED) is 0.326. The Morgan fingerprint density at radius 3 is 2.46 bits per heavy atom. The number of aromatic amines is 1. The fourth-order valence-corrected chi connectivity index (χ4v) is 5.85. The maximum Gasteiger partial charge on any atom is 0.417 e. The molecule has 13 heteroatoms. The number of benzene rings is 1. The number of halogens is 3. The van der Waals surface area contributed by atoms with Gasteiger partial charge in [0.05, 0.1) is 28.3 Å². The van der Waals surface area contributed by atoms with E-state index < -0.39 is 33.9 Å². The molecule has 0 unspecified atom stereocenters. The molecule has 1 aromatic carbocycles. The highest BCUT2D eigenvalue weighted by Crippen LogP contribution is 2.30. The minimum absolute atomic E-state index is 0.0882. The van der Waals surface area contributed by atoms with Crippen LogP contribution in [-0.4, -0.2) is 63.0 Å². The van der Waals surface area contributed by atoms with Gasteiger partial charge in [0.15, 0.2) is 5.82 Å². The van der Waals surface area contributed by atoms with E-state index in [0.29, 0.717) is 17.7 Å². The molecule has 204 valence electrons. The normalized spacial score (nSPS) is 18.7. The Labute approximate surface area is 222 Å². The number of piperidine rings is 1. The summed E-state index contributed by atoms with van der Waals surface area (Å²) in [6, 6.07) is 11.7. The average molecular weight is 559 g/mol. The predicted octanol–water partition coefficient (Wildman–Crippen LogP) is 4.10. The zero-order chi connectivity index (χ0) is 27.8. The number of rotatable bonds is 6. The molecule has 3 N–H and O–H groups in total. The van der Waals surface area contributed by atoms with Gasteiger partial charge in [-0.3, -0.25) is 4.98 Å². The molecule has 0 amide bonds. The van der Waals surface area contributed by atoms with Crippen LogP contribution in [0.2, 0.25) is 0 Å². The summed E-state index contributed by atoms with van der Waals surface area (Å²) >= 11 is 0. The summed E-state index contributed by atoms with van der Waals surface area (Å²) < 4.78 is 66.0. The second-order valence-electron chi connectivity index (χ2n) is 9.24. The Hall–Kier alpha value is -3.81. The number of aliphatic hydroxyl groups is 1. The number of aryl methyl sites for hydroxylation is 1.